The average molecular weight is 390 g/mol. The third-order valence-electron chi connectivity index (χ3n) is 4.37. The van der Waals surface area contributed by atoms with Crippen LogP contribution in [0.4, 0.5) is 9.59 Å². The van der Waals surface area contributed by atoms with Gasteiger partial charge in [0.25, 0.3) is 0 Å². The lowest BCUT2D eigenvalue weighted by atomic mass is 10.2. The van der Waals surface area contributed by atoms with Gasteiger partial charge in [-0.2, -0.15) is 0 Å². The van der Waals surface area contributed by atoms with Crippen molar-refractivity contribution in [1.82, 2.24) is 20.4 Å². The Morgan fingerprint density at radius 2 is 1.75 bits per heavy atom. The second kappa shape index (κ2) is 11.3. The summed E-state index contributed by atoms with van der Waals surface area (Å²) in [6.07, 6.45) is -0.0440. The highest BCUT2D eigenvalue weighted by Crippen LogP contribution is 2.06. The molecule has 2 N–H and O–H groups in total. The zero-order valence-electron chi connectivity index (χ0n) is 16.6. The van der Waals surface area contributed by atoms with Gasteiger partial charge >= 0.3 is 12.1 Å². The van der Waals surface area contributed by atoms with Crippen molar-refractivity contribution >= 4 is 18.0 Å². The van der Waals surface area contributed by atoms with Crippen molar-refractivity contribution in [3.05, 3.63) is 35.9 Å². The Kier molecular flexibility index (Phi) is 8.74. The van der Waals surface area contributed by atoms with E-state index in [9.17, 15) is 14.4 Å². The monoisotopic (exact) mass is 390 g/mol. The molecule has 2 rings (SSSR count). The van der Waals surface area contributed by atoms with Gasteiger partial charge in [0.05, 0.1) is 6.61 Å². The van der Waals surface area contributed by atoms with Gasteiger partial charge in [0, 0.05) is 45.7 Å². The van der Waals surface area contributed by atoms with Crippen LogP contribution in [0.3, 0.4) is 0 Å². The first-order chi connectivity index (χ1) is 13.4. The smallest absolute Gasteiger partial charge is 0.409 e. The molecule has 0 saturated carbocycles. The molecule has 0 bridgehead atoms. The van der Waals surface area contributed by atoms with Crippen molar-refractivity contribution in [2.24, 2.45) is 5.92 Å². The Labute approximate surface area is 166 Å². The zero-order chi connectivity index (χ0) is 20.4. The first kappa shape index (κ1) is 21.7. The number of hydrogen-bond acceptors (Lipinski definition) is 5. The molecule has 1 heterocycles. The zero-order valence-corrected chi connectivity index (χ0v) is 16.6. The number of nitrogens with zero attached hydrogens (tertiary/aromatic N) is 2. The molecule has 1 fully saturated rings. The molecular formula is C20H30N4O4. The summed E-state index contributed by atoms with van der Waals surface area (Å²) in [4.78, 5) is 39.5. The summed E-state index contributed by atoms with van der Waals surface area (Å²) in [5.74, 6) is -0.00187. The molecule has 0 radical (unpaired) electrons. The average Bonchev–Trinajstić information content (AvgIpc) is 2.70. The van der Waals surface area contributed by atoms with Gasteiger partial charge in [-0.1, -0.05) is 44.2 Å². The van der Waals surface area contributed by atoms with E-state index in [2.05, 4.69) is 15.5 Å². The number of amides is 4. The minimum Gasteiger partial charge on any atom is -0.449 e. The number of carbonyl (C=O) groups is 3. The second-order valence-electron chi connectivity index (χ2n) is 7.27. The van der Waals surface area contributed by atoms with Crippen LogP contribution in [0.15, 0.2) is 30.3 Å². The lowest BCUT2D eigenvalue weighted by Gasteiger charge is -2.34. The molecule has 4 amide bonds. The highest BCUT2D eigenvalue weighted by Gasteiger charge is 2.22. The summed E-state index contributed by atoms with van der Waals surface area (Å²) in [6.45, 7) is 7.87. The van der Waals surface area contributed by atoms with Crippen molar-refractivity contribution in [3.63, 3.8) is 0 Å². The van der Waals surface area contributed by atoms with Crippen LogP contribution in [0, 0.1) is 5.92 Å². The van der Waals surface area contributed by atoms with Crippen LogP contribution in [0.25, 0.3) is 0 Å². The largest absolute Gasteiger partial charge is 0.449 e. The second-order valence-corrected chi connectivity index (χ2v) is 7.27. The fourth-order valence-corrected chi connectivity index (χ4v) is 2.75. The van der Waals surface area contributed by atoms with E-state index >= 15 is 0 Å². The van der Waals surface area contributed by atoms with Crippen molar-refractivity contribution in [2.75, 3.05) is 39.3 Å². The molecule has 1 aliphatic rings. The number of hydrogen-bond donors (Lipinski definition) is 2. The van der Waals surface area contributed by atoms with E-state index in [0.29, 0.717) is 51.8 Å². The first-order valence-electron chi connectivity index (χ1n) is 9.69. The van der Waals surface area contributed by atoms with Gasteiger partial charge in [-0.05, 0) is 11.5 Å². The SMILES string of the molecule is CC(C)COC(=O)N1CCN(CCC(=O)NC(=O)NCc2ccccc2)CC1. The van der Waals surface area contributed by atoms with Crippen LogP contribution < -0.4 is 10.6 Å². The summed E-state index contributed by atoms with van der Waals surface area (Å²) in [6, 6.07) is 9.00. The predicted molar refractivity (Wildman–Crippen MR) is 106 cm³/mol. The van der Waals surface area contributed by atoms with Gasteiger partial charge < -0.3 is 15.0 Å². The van der Waals surface area contributed by atoms with E-state index < -0.39 is 6.03 Å². The maximum atomic E-state index is 11.9. The number of nitrogens with one attached hydrogen (secondary N) is 2. The lowest BCUT2D eigenvalue weighted by Crippen LogP contribution is -2.49. The molecule has 1 aromatic carbocycles. The summed E-state index contributed by atoms with van der Waals surface area (Å²) < 4.78 is 5.23. The normalized spacial score (nSPS) is 14.6. The van der Waals surface area contributed by atoms with Gasteiger partial charge in [-0.15, -0.1) is 0 Å². The molecule has 0 atom stereocenters. The van der Waals surface area contributed by atoms with E-state index in [0.717, 1.165) is 5.56 Å². The van der Waals surface area contributed by atoms with Crippen molar-refractivity contribution in [3.8, 4) is 0 Å². The van der Waals surface area contributed by atoms with Crippen LogP contribution in [0.5, 0.6) is 0 Å². The molecular weight excluding hydrogens is 360 g/mol. The van der Waals surface area contributed by atoms with Gasteiger partial charge in [0.2, 0.25) is 5.91 Å². The van der Waals surface area contributed by atoms with Gasteiger partial charge in [0.15, 0.2) is 0 Å². The maximum Gasteiger partial charge on any atom is 0.409 e. The minimum atomic E-state index is -0.494. The molecule has 0 spiro atoms. The Hall–Kier alpha value is -2.61. The molecule has 154 valence electrons. The Morgan fingerprint density at radius 3 is 2.39 bits per heavy atom. The molecule has 8 heteroatoms. The van der Waals surface area contributed by atoms with Crippen LogP contribution in [-0.4, -0.2) is 67.2 Å². The van der Waals surface area contributed by atoms with Crippen LogP contribution >= 0.6 is 0 Å². The number of urea groups is 1. The third-order valence-corrected chi connectivity index (χ3v) is 4.37. The highest BCUT2D eigenvalue weighted by molar-refractivity contribution is 5.94. The number of rotatable bonds is 7. The molecule has 0 aromatic heterocycles. The van der Waals surface area contributed by atoms with Crippen molar-refractivity contribution in [2.45, 2.75) is 26.8 Å². The Morgan fingerprint density at radius 1 is 1.07 bits per heavy atom. The third kappa shape index (κ3) is 7.96. The molecule has 1 saturated heterocycles. The number of benzene rings is 1. The van der Waals surface area contributed by atoms with E-state index in [1.165, 1.54) is 0 Å². The quantitative estimate of drug-likeness (QED) is 0.741. The minimum absolute atomic E-state index is 0.233. The number of piperazine rings is 1. The topological polar surface area (TPSA) is 91.0 Å². The molecule has 28 heavy (non-hydrogen) atoms. The van der Waals surface area contributed by atoms with E-state index in [1.807, 2.05) is 44.2 Å². The van der Waals surface area contributed by atoms with Crippen molar-refractivity contribution in [1.29, 1.82) is 0 Å². The molecule has 8 nitrogen and oxygen atoms in total. The van der Waals surface area contributed by atoms with Gasteiger partial charge in [-0.3, -0.25) is 15.0 Å². The lowest BCUT2D eigenvalue weighted by molar-refractivity contribution is -0.120. The number of imide groups is 1. The van der Waals surface area contributed by atoms with E-state index in [1.54, 1.807) is 4.90 Å². The maximum absolute atomic E-state index is 11.9. The number of carbonyl (C=O) groups excluding carboxylic acids is 3. The molecule has 1 aliphatic heterocycles. The van der Waals surface area contributed by atoms with E-state index in [4.69, 9.17) is 4.74 Å². The van der Waals surface area contributed by atoms with Crippen LogP contribution in [-0.2, 0) is 16.1 Å². The summed E-state index contributed by atoms with van der Waals surface area (Å²) in [5.41, 5.74) is 0.967. The standard InChI is InChI=1S/C20H30N4O4/c1-16(2)15-28-20(27)24-12-10-23(11-13-24)9-8-18(25)22-19(26)21-14-17-6-4-3-5-7-17/h3-7,16H,8-15H2,1-2H3,(H2,21,22,25,26). The molecule has 0 unspecified atom stereocenters. The molecule has 0 aliphatic carbocycles. The fraction of sp³-hybridized carbons (Fsp3) is 0.550. The fourth-order valence-electron chi connectivity index (χ4n) is 2.75. The summed E-state index contributed by atoms with van der Waals surface area (Å²) >= 11 is 0. The predicted octanol–water partition coefficient (Wildman–Crippen LogP) is 1.81. The summed E-state index contributed by atoms with van der Waals surface area (Å²) in [7, 11) is 0. The van der Waals surface area contributed by atoms with Crippen LogP contribution in [0.2, 0.25) is 0 Å². The van der Waals surface area contributed by atoms with Crippen molar-refractivity contribution < 1.29 is 19.1 Å². The van der Waals surface area contributed by atoms with Gasteiger partial charge in [-0.25, -0.2) is 9.59 Å². The first-order valence-corrected chi connectivity index (χ1v) is 9.69. The Balaban J connectivity index is 1.59. The van der Waals surface area contributed by atoms with Crippen LogP contribution in [0.1, 0.15) is 25.8 Å². The van der Waals surface area contributed by atoms with Gasteiger partial charge in [0.1, 0.15) is 0 Å². The Bertz CT molecular complexity index is 643. The van der Waals surface area contributed by atoms with E-state index in [-0.39, 0.29) is 18.4 Å². The number of ether oxygens (including phenoxy) is 1. The molecule has 1 aromatic rings. The highest BCUT2D eigenvalue weighted by atomic mass is 16.6. The summed E-state index contributed by atoms with van der Waals surface area (Å²) in [5, 5.41) is 5.01.